The van der Waals surface area contributed by atoms with E-state index in [2.05, 4.69) is 9.72 Å². The standard InChI is InChI=1S/C10H9FINO2/c1-2-15-9(14)4-3-7-8(12)5-6-13-10(7)11/h3-6H,2H2,1H3/b4-3+. The van der Waals surface area contributed by atoms with Gasteiger partial charge in [0, 0.05) is 21.4 Å². The molecule has 0 aliphatic carbocycles. The van der Waals surface area contributed by atoms with E-state index < -0.39 is 11.9 Å². The molecule has 0 radical (unpaired) electrons. The van der Waals surface area contributed by atoms with E-state index in [1.807, 2.05) is 22.6 Å². The zero-order valence-electron chi connectivity index (χ0n) is 8.04. The van der Waals surface area contributed by atoms with Crippen molar-refractivity contribution in [2.24, 2.45) is 0 Å². The number of aromatic nitrogens is 1. The lowest BCUT2D eigenvalue weighted by atomic mass is 10.2. The van der Waals surface area contributed by atoms with E-state index in [4.69, 9.17) is 0 Å². The number of carbonyl (C=O) groups excluding carboxylic acids is 1. The van der Waals surface area contributed by atoms with Crippen LogP contribution in [-0.4, -0.2) is 17.6 Å². The Morgan fingerprint density at radius 2 is 2.47 bits per heavy atom. The van der Waals surface area contributed by atoms with Crippen molar-refractivity contribution in [1.82, 2.24) is 4.98 Å². The van der Waals surface area contributed by atoms with Gasteiger partial charge in [-0.3, -0.25) is 0 Å². The Balaban J connectivity index is 2.84. The third-order valence-corrected chi connectivity index (χ3v) is 2.50. The summed E-state index contributed by atoms with van der Waals surface area (Å²) >= 11 is 1.97. The fourth-order valence-electron chi connectivity index (χ4n) is 0.916. The van der Waals surface area contributed by atoms with Crippen LogP contribution in [0.25, 0.3) is 6.08 Å². The summed E-state index contributed by atoms with van der Waals surface area (Å²) in [5, 5.41) is 0. The monoisotopic (exact) mass is 321 g/mol. The maximum Gasteiger partial charge on any atom is 0.330 e. The molecule has 1 heterocycles. The summed E-state index contributed by atoms with van der Waals surface area (Å²) < 4.78 is 18.5. The predicted octanol–water partition coefficient (Wildman–Crippen LogP) is 2.40. The number of esters is 1. The van der Waals surface area contributed by atoms with E-state index in [0.717, 1.165) is 0 Å². The minimum atomic E-state index is -0.595. The lowest BCUT2D eigenvalue weighted by Crippen LogP contribution is -1.99. The van der Waals surface area contributed by atoms with Gasteiger partial charge in [-0.15, -0.1) is 0 Å². The summed E-state index contributed by atoms with van der Waals surface area (Å²) in [6.45, 7) is 2.01. The average Bonchev–Trinajstić information content (AvgIpc) is 2.17. The molecular formula is C10H9FINO2. The molecule has 15 heavy (non-hydrogen) atoms. The van der Waals surface area contributed by atoms with Crippen LogP contribution in [0.15, 0.2) is 18.3 Å². The SMILES string of the molecule is CCOC(=O)/C=C/c1c(I)ccnc1F. The third-order valence-electron chi connectivity index (χ3n) is 1.56. The second-order valence-corrected chi connectivity index (χ2v) is 3.74. The van der Waals surface area contributed by atoms with Gasteiger partial charge in [0.1, 0.15) is 0 Å². The molecule has 1 aromatic rings. The first-order chi connectivity index (χ1) is 7.15. The van der Waals surface area contributed by atoms with Gasteiger partial charge in [-0.1, -0.05) is 0 Å². The molecule has 0 aliphatic rings. The summed E-state index contributed by atoms with van der Waals surface area (Å²) in [4.78, 5) is 14.5. The average molecular weight is 321 g/mol. The van der Waals surface area contributed by atoms with Crippen molar-refractivity contribution in [1.29, 1.82) is 0 Å². The first-order valence-electron chi connectivity index (χ1n) is 4.30. The fourth-order valence-corrected chi connectivity index (χ4v) is 1.48. The molecule has 80 valence electrons. The first kappa shape index (κ1) is 12.1. The van der Waals surface area contributed by atoms with Crippen LogP contribution in [0.5, 0.6) is 0 Å². The zero-order chi connectivity index (χ0) is 11.3. The molecule has 0 saturated heterocycles. The molecule has 0 aromatic carbocycles. The van der Waals surface area contributed by atoms with Crippen LogP contribution in [0.4, 0.5) is 4.39 Å². The molecule has 0 spiro atoms. The number of nitrogens with zero attached hydrogens (tertiary/aromatic N) is 1. The number of ether oxygens (including phenoxy) is 1. The van der Waals surface area contributed by atoms with Crippen LogP contribution in [0, 0.1) is 9.52 Å². The summed E-state index contributed by atoms with van der Waals surface area (Å²) in [6.07, 6.45) is 3.92. The third kappa shape index (κ3) is 3.58. The van der Waals surface area contributed by atoms with E-state index >= 15 is 0 Å². The minimum Gasteiger partial charge on any atom is -0.463 e. The lowest BCUT2D eigenvalue weighted by molar-refractivity contribution is -0.137. The van der Waals surface area contributed by atoms with Gasteiger partial charge in [0.2, 0.25) is 5.95 Å². The van der Waals surface area contributed by atoms with Gasteiger partial charge in [0.25, 0.3) is 0 Å². The second kappa shape index (κ2) is 5.79. The predicted molar refractivity (Wildman–Crippen MR) is 62.6 cm³/mol. The Labute approximate surface area is 100 Å². The van der Waals surface area contributed by atoms with Gasteiger partial charge < -0.3 is 4.74 Å². The molecule has 0 bridgehead atoms. The molecule has 0 aliphatic heterocycles. The van der Waals surface area contributed by atoms with E-state index in [1.54, 1.807) is 13.0 Å². The van der Waals surface area contributed by atoms with Gasteiger partial charge in [-0.05, 0) is 41.7 Å². The Kier molecular flexibility index (Phi) is 4.67. The largest absolute Gasteiger partial charge is 0.463 e. The smallest absolute Gasteiger partial charge is 0.330 e. The molecule has 1 aromatic heterocycles. The molecule has 1 rings (SSSR count). The first-order valence-corrected chi connectivity index (χ1v) is 5.38. The molecule has 0 saturated carbocycles. The Morgan fingerprint density at radius 1 is 1.73 bits per heavy atom. The van der Waals surface area contributed by atoms with Crippen molar-refractivity contribution in [3.8, 4) is 0 Å². The van der Waals surface area contributed by atoms with E-state index in [9.17, 15) is 9.18 Å². The topological polar surface area (TPSA) is 39.2 Å². The normalized spacial score (nSPS) is 10.6. The summed E-state index contributed by atoms with van der Waals surface area (Å²) in [5.41, 5.74) is 0.297. The minimum absolute atomic E-state index is 0.297. The van der Waals surface area contributed by atoms with Crippen LogP contribution >= 0.6 is 22.6 Å². The molecule has 0 atom stereocenters. The maximum absolute atomic E-state index is 13.2. The highest BCUT2D eigenvalue weighted by Crippen LogP contribution is 2.15. The molecule has 0 fully saturated rings. The molecule has 0 amide bonds. The van der Waals surface area contributed by atoms with Crippen molar-refractivity contribution in [3.05, 3.63) is 33.4 Å². The molecule has 5 heteroatoms. The maximum atomic E-state index is 13.2. The summed E-state index contributed by atoms with van der Waals surface area (Å²) in [6, 6.07) is 1.66. The molecule has 0 unspecified atom stereocenters. The molecular weight excluding hydrogens is 312 g/mol. The Morgan fingerprint density at radius 3 is 3.07 bits per heavy atom. The van der Waals surface area contributed by atoms with Crippen molar-refractivity contribution >= 4 is 34.6 Å². The van der Waals surface area contributed by atoms with Gasteiger partial charge in [0.05, 0.1) is 6.61 Å². The number of hydrogen-bond donors (Lipinski definition) is 0. The lowest BCUT2D eigenvalue weighted by Gasteiger charge is -1.99. The van der Waals surface area contributed by atoms with E-state index in [0.29, 0.717) is 15.7 Å². The number of hydrogen-bond acceptors (Lipinski definition) is 3. The highest BCUT2D eigenvalue weighted by atomic mass is 127. The van der Waals surface area contributed by atoms with Gasteiger partial charge in [-0.2, -0.15) is 4.39 Å². The zero-order valence-corrected chi connectivity index (χ0v) is 10.2. The van der Waals surface area contributed by atoms with Crippen LogP contribution < -0.4 is 0 Å². The van der Waals surface area contributed by atoms with Gasteiger partial charge in [-0.25, -0.2) is 9.78 Å². The van der Waals surface area contributed by atoms with Crippen molar-refractivity contribution in [2.45, 2.75) is 6.92 Å². The highest BCUT2D eigenvalue weighted by Gasteiger charge is 2.04. The summed E-state index contributed by atoms with van der Waals surface area (Å²) in [7, 11) is 0. The highest BCUT2D eigenvalue weighted by molar-refractivity contribution is 14.1. The van der Waals surface area contributed by atoms with Crippen LogP contribution in [-0.2, 0) is 9.53 Å². The molecule has 3 nitrogen and oxygen atoms in total. The van der Waals surface area contributed by atoms with Crippen LogP contribution in [0.1, 0.15) is 12.5 Å². The van der Waals surface area contributed by atoms with Crippen molar-refractivity contribution in [2.75, 3.05) is 6.61 Å². The Hall–Kier alpha value is -0.980. The van der Waals surface area contributed by atoms with Gasteiger partial charge in [0.15, 0.2) is 0 Å². The van der Waals surface area contributed by atoms with Crippen molar-refractivity contribution in [3.63, 3.8) is 0 Å². The Bertz CT molecular complexity index is 373. The van der Waals surface area contributed by atoms with Crippen LogP contribution in [0.3, 0.4) is 0 Å². The fraction of sp³-hybridized carbons (Fsp3) is 0.200. The number of pyridine rings is 1. The second-order valence-electron chi connectivity index (χ2n) is 2.58. The molecule has 0 N–H and O–H groups in total. The summed E-state index contributed by atoms with van der Waals surface area (Å²) in [5.74, 6) is -1.08. The van der Waals surface area contributed by atoms with Crippen molar-refractivity contribution < 1.29 is 13.9 Å². The number of carbonyl (C=O) groups is 1. The van der Waals surface area contributed by atoms with Gasteiger partial charge >= 0.3 is 5.97 Å². The van der Waals surface area contributed by atoms with E-state index in [-0.39, 0.29) is 0 Å². The number of halogens is 2. The quantitative estimate of drug-likeness (QED) is 0.371. The van der Waals surface area contributed by atoms with Crippen LogP contribution in [0.2, 0.25) is 0 Å². The van der Waals surface area contributed by atoms with E-state index in [1.165, 1.54) is 18.3 Å². The number of rotatable bonds is 3.